The summed E-state index contributed by atoms with van der Waals surface area (Å²) in [4.78, 5) is 18.1. The summed E-state index contributed by atoms with van der Waals surface area (Å²) in [5, 5.41) is 3.91. The molecule has 1 N–H and O–H groups in total. The smallest absolute Gasteiger partial charge is 0.257 e. The summed E-state index contributed by atoms with van der Waals surface area (Å²) in [5.41, 5.74) is 4.54. The van der Waals surface area contributed by atoms with E-state index in [1.165, 1.54) is 0 Å². The van der Waals surface area contributed by atoms with Crippen LogP contribution >= 0.6 is 11.3 Å². The third-order valence-corrected chi connectivity index (χ3v) is 5.95. The van der Waals surface area contributed by atoms with Gasteiger partial charge in [-0.15, -0.1) is 11.3 Å². The molecule has 0 saturated carbocycles. The number of nitrogens with one attached hydrogen (secondary N) is 1. The Balaban J connectivity index is 1.64. The van der Waals surface area contributed by atoms with Crippen LogP contribution in [-0.2, 0) is 0 Å². The molecule has 3 heterocycles. The van der Waals surface area contributed by atoms with Gasteiger partial charge in [0, 0.05) is 33.7 Å². The second-order valence-electron chi connectivity index (χ2n) is 6.59. The molecular weight excluding hydrogens is 380 g/mol. The minimum absolute atomic E-state index is 0.147. The van der Waals surface area contributed by atoms with E-state index in [-0.39, 0.29) is 5.91 Å². The van der Waals surface area contributed by atoms with Gasteiger partial charge in [-0.3, -0.25) is 9.78 Å². The number of rotatable bonds is 4. The van der Waals surface area contributed by atoms with Gasteiger partial charge in [0.1, 0.15) is 0 Å². The Bertz CT molecular complexity index is 1280. The van der Waals surface area contributed by atoms with Gasteiger partial charge >= 0.3 is 0 Å². The highest BCUT2D eigenvalue weighted by Crippen LogP contribution is 2.40. The molecule has 5 aromatic rings. The van der Waals surface area contributed by atoms with Gasteiger partial charge in [-0.05, 0) is 35.4 Å². The van der Waals surface area contributed by atoms with Crippen molar-refractivity contribution in [3.05, 3.63) is 97.2 Å². The van der Waals surface area contributed by atoms with Crippen molar-refractivity contribution in [1.82, 2.24) is 4.98 Å². The molecule has 29 heavy (non-hydrogen) atoms. The molecule has 0 aliphatic carbocycles. The highest BCUT2D eigenvalue weighted by atomic mass is 32.1. The molecule has 1 amide bonds. The fourth-order valence-corrected chi connectivity index (χ4v) is 4.58. The Morgan fingerprint density at radius 1 is 0.897 bits per heavy atom. The zero-order chi connectivity index (χ0) is 19.6. The lowest BCUT2D eigenvalue weighted by atomic mass is 10.0. The Kier molecular flexibility index (Phi) is 4.42. The van der Waals surface area contributed by atoms with Gasteiger partial charge in [-0.2, -0.15) is 0 Å². The minimum Gasteiger partial charge on any atom is -0.472 e. The average Bonchev–Trinajstić information content (AvgIpc) is 3.42. The van der Waals surface area contributed by atoms with Crippen LogP contribution in [0.3, 0.4) is 0 Å². The van der Waals surface area contributed by atoms with E-state index < -0.39 is 0 Å². The summed E-state index contributed by atoms with van der Waals surface area (Å²) in [5.74, 6) is -0.147. The maximum atomic E-state index is 13.2. The molecule has 0 aliphatic heterocycles. The number of carbonyl (C=O) groups excluding carboxylic acids is 1. The van der Waals surface area contributed by atoms with Crippen molar-refractivity contribution in [2.45, 2.75) is 0 Å². The predicted octanol–water partition coefficient (Wildman–Crippen LogP) is 6.48. The lowest BCUT2D eigenvalue weighted by Gasteiger charge is -2.06. The normalized spacial score (nSPS) is 10.9. The van der Waals surface area contributed by atoms with Gasteiger partial charge in [0.15, 0.2) is 0 Å². The van der Waals surface area contributed by atoms with E-state index in [9.17, 15) is 4.79 Å². The van der Waals surface area contributed by atoms with Crippen LogP contribution < -0.4 is 5.32 Å². The third-order valence-electron chi connectivity index (χ3n) is 4.75. The number of anilines is 1. The summed E-state index contributed by atoms with van der Waals surface area (Å²) in [6.45, 7) is 0. The molecule has 5 heteroatoms. The lowest BCUT2D eigenvalue weighted by Crippen LogP contribution is -2.12. The number of hydrogen-bond donors (Lipinski definition) is 1. The number of thiophene rings is 1. The highest BCUT2D eigenvalue weighted by Gasteiger charge is 2.21. The second kappa shape index (κ2) is 7.37. The van der Waals surface area contributed by atoms with E-state index >= 15 is 0 Å². The van der Waals surface area contributed by atoms with Crippen LogP contribution in [-0.4, -0.2) is 10.9 Å². The van der Waals surface area contributed by atoms with Crippen LogP contribution in [0, 0.1) is 0 Å². The Morgan fingerprint density at radius 3 is 2.48 bits per heavy atom. The Hall–Kier alpha value is -3.70. The SMILES string of the molecule is O=C(Nc1ccncc1)c1c(-c2ccoc2)sc2cc(-c3ccccc3)ccc12. The molecule has 2 aromatic carbocycles. The predicted molar refractivity (Wildman–Crippen MR) is 117 cm³/mol. The zero-order valence-electron chi connectivity index (χ0n) is 15.3. The fraction of sp³-hybridized carbons (Fsp3) is 0. The van der Waals surface area contributed by atoms with Crippen LogP contribution in [0.4, 0.5) is 5.69 Å². The zero-order valence-corrected chi connectivity index (χ0v) is 16.1. The first-order chi connectivity index (χ1) is 14.3. The van der Waals surface area contributed by atoms with Crippen molar-refractivity contribution in [3.63, 3.8) is 0 Å². The molecule has 0 radical (unpaired) electrons. The molecule has 0 unspecified atom stereocenters. The van der Waals surface area contributed by atoms with Gasteiger partial charge < -0.3 is 9.73 Å². The van der Waals surface area contributed by atoms with Gasteiger partial charge in [-0.25, -0.2) is 0 Å². The molecule has 0 atom stereocenters. The monoisotopic (exact) mass is 396 g/mol. The summed E-state index contributed by atoms with van der Waals surface area (Å²) >= 11 is 1.60. The van der Waals surface area contributed by atoms with E-state index in [1.54, 1.807) is 48.4 Å². The molecule has 140 valence electrons. The number of aromatic nitrogens is 1. The number of pyridine rings is 1. The highest BCUT2D eigenvalue weighted by molar-refractivity contribution is 7.22. The van der Waals surface area contributed by atoms with Crippen LogP contribution in [0.5, 0.6) is 0 Å². The van der Waals surface area contributed by atoms with Crippen molar-refractivity contribution in [2.24, 2.45) is 0 Å². The van der Waals surface area contributed by atoms with E-state index in [1.807, 2.05) is 30.3 Å². The first kappa shape index (κ1) is 17.4. The first-order valence-electron chi connectivity index (χ1n) is 9.15. The van der Waals surface area contributed by atoms with Crippen LogP contribution in [0.25, 0.3) is 31.7 Å². The Labute approximate surface area is 171 Å². The topological polar surface area (TPSA) is 55.1 Å². The number of benzene rings is 2. The second-order valence-corrected chi connectivity index (χ2v) is 7.64. The molecule has 3 aromatic heterocycles. The molecule has 0 spiro atoms. The van der Waals surface area contributed by atoms with E-state index in [2.05, 4.69) is 34.6 Å². The van der Waals surface area contributed by atoms with Crippen molar-refractivity contribution in [1.29, 1.82) is 0 Å². The van der Waals surface area contributed by atoms with E-state index in [0.29, 0.717) is 11.3 Å². The van der Waals surface area contributed by atoms with Crippen LogP contribution in [0.2, 0.25) is 0 Å². The lowest BCUT2D eigenvalue weighted by molar-refractivity contribution is 0.102. The number of hydrogen-bond acceptors (Lipinski definition) is 4. The van der Waals surface area contributed by atoms with Gasteiger partial charge in [-0.1, -0.05) is 42.5 Å². The summed E-state index contributed by atoms with van der Waals surface area (Å²) in [7, 11) is 0. The molecule has 5 rings (SSSR count). The van der Waals surface area contributed by atoms with E-state index in [0.717, 1.165) is 31.7 Å². The van der Waals surface area contributed by atoms with Crippen molar-refractivity contribution in [3.8, 4) is 21.6 Å². The number of fused-ring (bicyclic) bond motifs is 1. The fourth-order valence-electron chi connectivity index (χ4n) is 3.36. The summed E-state index contributed by atoms with van der Waals surface area (Å²) < 4.78 is 6.34. The molecule has 0 fully saturated rings. The number of nitrogens with zero attached hydrogens (tertiary/aromatic N) is 1. The van der Waals surface area contributed by atoms with Crippen molar-refractivity contribution in [2.75, 3.05) is 5.32 Å². The van der Waals surface area contributed by atoms with Gasteiger partial charge in [0.05, 0.1) is 23.0 Å². The third kappa shape index (κ3) is 3.32. The number of amides is 1. The quantitative estimate of drug-likeness (QED) is 0.378. The maximum absolute atomic E-state index is 13.2. The summed E-state index contributed by atoms with van der Waals surface area (Å²) in [6, 6.07) is 21.9. The number of carbonyl (C=O) groups is 1. The average molecular weight is 396 g/mol. The van der Waals surface area contributed by atoms with Crippen molar-refractivity contribution < 1.29 is 9.21 Å². The van der Waals surface area contributed by atoms with Gasteiger partial charge in [0.2, 0.25) is 0 Å². The van der Waals surface area contributed by atoms with Crippen LogP contribution in [0.1, 0.15) is 10.4 Å². The molecule has 0 saturated heterocycles. The largest absolute Gasteiger partial charge is 0.472 e. The maximum Gasteiger partial charge on any atom is 0.257 e. The minimum atomic E-state index is -0.147. The van der Waals surface area contributed by atoms with Crippen LogP contribution in [0.15, 0.2) is 96.1 Å². The molecule has 0 aliphatic rings. The summed E-state index contributed by atoms with van der Waals surface area (Å²) in [6.07, 6.45) is 6.61. The molecule has 4 nitrogen and oxygen atoms in total. The van der Waals surface area contributed by atoms with Crippen molar-refractivity contribution >= 4 is 33.0 Å². The molecule has 0 bridgehead atoms. The number of furan rings is 1. The molecular formula is C24H16N2O2S. The standard InChI is InChI=1S/C24H16N2O2S/c27-24(26-19-8-11-25-12-9-19)22-20-7-6-17(16-4-2-1-3-5-16)14-21(20)29-23(22)18-10-13-28-15-18/h1-15H,(H,25,26,27). The van der Waals surface area contributed by atoms with E-state index in [4.69, 9.17) is 4.42 Å². The first-order valence-corrected chi connectivity index (χ1v) is 9.97. The Morgan fingerprint density at radius 2 is 1.72 bits per heavy atom. The van der Waals surface area contributed by atoms with Gasteiger partial charge in [0.25, 0.3) is 5.91 Å².